The first-order chi connectivity index (χ1) is 13.8. The molecule has 2 N–H and O–H groups in total. The molecular weight excluding hydrogens is 378 g/mol. The van der Waals surface area contributed by atoms with Crippen molar-refractivity contribution in [3.63, 3.8) is 0 Å². The maximum atomic E-state index is 11.9. The van der Waals surface area contributed by atoms with Gasteiger partial charge >= 0.3 is 12.0 Å². The van der Waals surface area contributed by atoms with Crippen LogP contribution in [0.4, 0.5) is 16.2 Å². The van der Waals surface area contributed by atoms with Crippen molar-refractivity contribution in [3.05, 3.63) is 75.3 Å². The lowest BCUT2D eigenvalue weighted by atomic mass is 10.1. The first-order valence-electron chi connectivity index (χ1n) is 8.52. The third-order valence-corrected chi connectivity index (χ3v) is 3.76. The van der Waals surface area contributed by atoms with E-state index in [9.17, 15) is 24.5 Å². The molecule has 0 unspecified atom stereocenters. The minimum atomic E-state index is -0.881. The molecule has 9 nitrogen and oxygen atoms in total. The third-order valence-electron chi connectivity index (χ3n) is 3.76. The molecule has 0 bridgehead atoms. The number of hydrogen-bond acceptors (Lipinski definition) is 6. The van der Waals surface area contributed by atoms with Crippen molar-refractivity contribution in [3.8, 4) is 0 Å². The summed E-state index contributed by atoms with van der Waals surface area (Å²) in [6.07, 6.45) is 2.18. The van der Waals surface area contributed by atoms with Gasteiger partial charge in [0, 0.05) is 17.8 Å². The van der Waals surface area contributed by atoms with Gasteiger partial charge in [-0.05, 0) is 37.6 Å². The molecule has 0 saturated heterocycles. The second-order valence-electron chi connectivity index (χ2n) is 6.08. The Bertz CT molecular complexity index is 984. The summed E-state index contributed by atoms with van der Waals surface area (Å²) >= 11 is 0. The molecule has 9 heteroatoms. The second-order valence-corrected chi connectivity index (χ2v) is 6.08. The quantitative estimate of drug-likeness (QED) is 0.334. The number of para-hydroxylation sites is 1. The number of ether oxygens (including phenoxy) is 1. The molecule has 0 aliphatic heterocycles. The van der Waals surface area contributed by atoms with Gasteiger partial charge in [0.15, 0.2) is 6.61 Å². The van der Waals surface area contributed by atoms with Crippen LogP contribution in [0, 0.1) is 24.0 Å². The number of imide groups is 1. The van der Waals surface area contributed by atoms with Gasteiger partial charge in [0.25, 0.3) is 11.6 Å². The molecule has 0 saturated carbocycles. The third kappa shape index (κ3) is 6.58. The van der Waals surface area contributed by atoms with Gasteiger partial charge in [-0.25, -0.2) is 9.59 Å². The molecular formula is C20H19N3O6. The summed E-state index contributed by atoms with van der Waals surface area (Å²) in [5.74, 6) is -1.70. The van der Waals surface area contributed by atoms with E-state index in [1.165, 1.54) is 24.3 Å². The number of carbonyl (C=O) groups is 3. The van der Waals surface area contributed by atoms with Crippen LogP contribution in [-0.2, 0) is 14.3 Å². The van der Waals surface area contributed by atoms with Gasteiger partial charge in [-0.1, -0.05) is 29.8 Å². The number of nitro groups is 1. The van der Waals surface area contributed by atoms with Gasteiger partial charge in [0.05, 0.1) is 10.5 Å². The average Bonchev–Trinajstić information content (AvgIpc) is 2.67. The van der Waals surface area contributed by atoms with Crippen molar-refractivity contribution in [2.75, 3.05) is 11.9 Å². The van der Waals surface area contributed by atoms with Gasteiger partial charge in [0.1, 0.15) is 0 Å². The van der Waals surface area contributed by atoms with Crippen LogP contribution in [0.2, 0.25) is 0 Å². The number of amides is 3. The fraction of sp³-hybridized carbons (Fsp3) is 0.150. The van der Waals surface area contributed by atoms with Gasteiger partial charge < -0.3 is 10.1 Å². The van der Waals surface area contributed by atoms with Crippen LogP contribution in [0.5, 0.6) is 0 Å². The van der Waals surface area contributed by atoms with Gasteiger partial charge in [0.2, 0.25) is 0 Å². The number of benzene rings is 2. The van der Waals surface area contributed by atoms with Crippen molar-refractivity contribution >= 4 is 35.4 Å². The van der Waals surface area contributed by atoms with Crippen molar-refractivity contribution in [2.45, 2.75) is 13.8 Å². The molecule has 0 spiro atoms. The van der Waals surface area contributed by atoms with E-state index in [-0.39, 0.29) is 11.3 Å². The summed E-state index contributed by atoms with van der Waals surface area (Å²) in [7, 11) is 0. The Morgan fingerprint density at radius 1 is 1.14 bits per heavy atom. The number of nitrogens with one attached hydrogen (secondary N) is 2. The molecule has 0 fully saturated rings. The molecule has 0 atom stereocenters. The number of carbonyl (C=O) groups excluding carboxylic acids is 3. The Kier molecular flexibility index (Phi) is 7.19. The Morgan fingerprint density at radius 3 is 2.55 bits per heavy atom. The predicted molar refractivity (Wildman–Crippen MR) is 106 cm³/mol. The van der Waals surface area contributed by atoms with Gasteiger partial charge in [-0.15, -0.1) is 0 Å². The maximum absolute atomic E-state index is 11.9. The summed E-state index contributed by atoms with van der Waals surface area (Å²) < 4.78 is 4.73. The smallest absolute Gasteiger partial charge is 0.331 e. The first-order valence-corrected chi connectivity index (χ1v) is 8.52. The molecule has 0 heterocycles. The Hall–Kier alpha value is -4.01. The van der Waals surface area contributed by atoms with Crippen molar-refractivity contribution in [2.24, 2.45) is 0 Å². The van der Waals surface area contributed by atoms with E-state index < -0.39 is 29.4 Å². The van der Waals surface area contributed by atoms with Crippen LogP contribution < -0.4 is 10.6 Å². The zero-order valence-corrected chi connectivity index (χ0v) is 15.8. The number of aryl methyl sites for hydroxylation is 2. The highest BCUT2D eigenvalue weighted by atomic mass is 16.6. The standard InChI is InChI=1S/C20H19N3O6/c1-13-7-9-16(14(2)11-13)21-20(26)22-18(24)12-29-19(25)10-8-15-5-3-4-6-17(15)23(27)28/h3-11H,12H2,1-2H3,(H2,21,22,24,26)/b10-8+. The predicted octanol–water partition coefficient (Wildman–Crippen LogP) is 3.12. The Morgan fingerprint density at radius 2 is 1.86 bits per heavy atom. The lowest BCUT2D eigenvalue weighted by Gasteiger charge is -2.09. The van der Waals surface area contributed by atoms with Gasteiger partial charge in [-0.2, -0.15) is 0 Å². The maximum Gasteiger partial charge on any atom is 0.331 e. The van der Waals surface area contributed by atoms with Crippen LogP contribution in [0.25, 0.3) is 6.08 Å². The highest BCUT2D eigenvalue weighted by Gasteiger charge is 2.12. The normalized spacial score (nSPS) is 10.4. The Labute approximate surface area is 166 Å². The average molecular weight is 397 g/mol. The van der Waals surface area contributed by atoms with E-state index in [4.69, 9.17) is 4.74 Å². The highest BCUT2D eigenvalue weighted by Crippen LogP contribution is 2.19. The lowest BCUT2D eigenvalue weighted by molar-refractivity contribution is -0.385. The van der Waals surface area contributed by atoms with E-state index in [1.54, 1.807) is 12.1 Å². The van der Waals surface area contributed by atoms with Crippen molar-refractivity contribution < 1.29 is 24.0 Å². The number of urea groups is 1. The number of nitrogens with zero attached hydrogens (tertiary/aromatic N) is 1. The summed E-state index contributed by atoms with van der Waals surface area (Å²) in [6.45, 7) is 3.05. The van der Waals surface area contributed by atoms with Crippen molar-refractivity contribution in [1.29, 1.82) is 0 Å². The van der Waals surface area contributed by atoms with Crippen LogP contribution >= 0.6 is 0 Å². The highest BCUT2D eigenvalue weighted by molar-refractivity contribution is 6.02. The number of rotatable bonds is 6. The number of esters is 1. The minimum Gasteiger partial charge on any atom is -0.452 e. The number of hydrogen-bond donors (Lipinski definition) is 2. The number of nitro benzene ring substituents is 1. The fourth-order valence-electron chi connectivity index (χ4n) is 2.41. The molecule has 0 radical (unpaired) electrons. The number of anilines is 1. The summed E-state index contributed by atoms with van der Waals surface area (Å²) in [5, 5.41) is 15.5. The SMILES string of the molecule is Cc1ccc(NC(=O)NC(=O)COC(=O)/C=C/c2ccccc2[N+](=O)[O-])c(C)c1. The molecule has 2 aromatic rings. The molecule has 3 amide bonds. The molecule has 150 valence electrons. The van der Waals surface area contributed by atoms with E-state index in [1.807, 2.05) is 31.3 Å². The first kappa shape index (κ1) is 21.3. The van der Waals surface area contributed by atoms with E-state index in [0.29, 0.717) is 5.69 Å². The van der Waals surface area contributed by atoms with Crippen molar-refractivity contribution in [1.82, 2.24) is 5.32 Å². The fourth-order valence-corrected chi connectivity index (χ4v) is 2.41. The lowest BCUT2D eigenvalue weighted by Crippen LogP contribution is -2.37. The molecule has 0 aliphatic carbocycles. The van der Waals surface area contributed by atoms with E-state index >= 15 is 0 Å². The van der Waals surface area contributed by atoms with Crippen LogP contribution in [0.1, 0.15) is 16.7 Å². The molecule has 2 rings (SSSR count). The second kappa shape index (κ2) is 9.79. The van der Waals surface area contributed by atoms with Crippen LogP contribution in [0.3, 0.4) is 0 Å². The topological polar surface area (TPSA) is 128 Å². The van der Waals surface area contributed by atoms with E-state index in [0.717, 1.165) is 17.2 Å². The monoisotopic (exact) mass is 397 g/mol. The molecule has 2 aromatic carbocycles. The largest absolute Gasteiger partial charge is 0.452 e. The summed E-state index contributed by atoms with van der Waals surface area (Å²) in [5.41, 5.74) is 2.46. The minimum absolute atomic E-state index is 0.169. The summed E-state index contributed by atoms with van der Waals surface area (Å²) in [6, 6.07) is 10.5. The molecule has 0 aromatic heterocycles. The molecule has 0 aliphatic rings. The van der Waals surface area contributed by atoms with Crippen LogP contribution in [0.15, 0.2) is 48.5 Å². The van der Waals surface area contributed by atoms with E-state index in [2.05, 4.69) is 5.32 Å². The van der Waals surface area contributed by atoms with Gasteiger partial charge in [-0.3, -0.25) is 20.2 Å². The van der Waals surface area contributed by atoms with Crippen LogP contribution in [-0.4, -0.2) is 29.4 Å². The zero-order valence-electron chi connectivity index (χ0n) is 15.8. The zero-order chi connectivity index (χ0) is 21.4. The summed E-state index contributed by atoms with van der Waals surface area (Å²) in [4.78, 5) is 45.6. The molecule has 29 heavy (non-hydrogen) atoms. The Balaban J connectivity index is 1.83.